The van der Waals surface area contributed by atoms with E-state index in [1.165, 1.54) is 11.1 Å². The zero-order valence-electron chi connectivity index (χ0n) is 18.1. The first-order chi connectivity index (χ1) is 15.6. The van der Waals surface area contributed by atoms with Crippen LogP contribution in [0, 0.1) is 6.92 Å². The first-order valence-electron chi connectivity index (χ1n) is 11.1. The Kier molecular flexibility index (Phi) is 5.89. The maximum atomic E-state index is 13.2. The van der Waals surface area contributed by atoms with Crippen LogP contribution in [-0.4, -0.2) is 39.6 Å². The molecule has 5 rings (SSSR count). The van der Waals surface area contributed by atoms with Crippen molar-refractivity contribution in [2.45, 2.75) is 44.9 Å². The van der Waals surface area contributed by atoms with Crippen molar-refractivity contribution >= 4 is 17.5 Å². The maximum Gasteiger partial charge on any atom is 0.240 e. The molecule has 6 nitrogen and oxygen atoms in total. The minimum Gasteiger partial charge on any atom is -0.493 e. The number of likely N-dealkylation sites (tertiary alicyclic amines) is 1. The lowest BCUT2D eigenvalue weighted by Gasteiger charge is -2.33. The Labute approximate surface area is 193 Å². The van der Waals surface area contributed by atoms with Crippen LogP contribution in [-0.2, 0) is 17.9 Å². The lowest BCUT2D eigenvalue weighted by molar-refractivity contribution is -0.132. The molecule has 2 atom stereocenters. The van der Waals surface area contributed by atoms with Gasteiger partial charge in [0.25, 0.3) is 0 Å². The molecule has 32 heavy (non-hydrogen) atoms. The number of halogens is 1. The van der Waals surface area contributed by atoms with Gasteiger partial charge in [0.2, 0.25) is 5.91 Å². The van der Waals surface area contributed by atoms with E-state index in [4.69, 9.17) is 16.3 Å². The van der Waals surface area contributed by atoms with Crippen molar-refractivity contribution in [3.63, 3.8) is 0 Å². The molecule has 166 valence electrons. The van der Waals surface area contributed by atoms with Crippen molar-refractivity contribution in [1.82, 2.24) is 19.8 Å². The number of carbonyl (C=O) groups excluding carboxylic acids is 1. The Hall–Kier alpha value is -2.83. The van der Waals surface area contributed by atoms with Crippen LogP contribution < -0.4 is 10.1 Å². The number of ether oxygens (including phenoxy) is 1. The Balaban J connectivity index is 1.24. The van der Waals surface area contributed by atoms with E-state index in [0.29, 0.717) is 18.2 Å². The van der Waals surface area contributed by atoms with Crippen LogP contribution in [0.1, 0.15) is 41.3 Å². The van der Waals surface area contributed by atoms with Crippen LogP contribution >= 0.6 is 11.6 Å². The highest BCUT2D eigenvalue weighted by Gasteiger charge is 2.38. The molecule has 1 N–H and O–H groups in total. The summed E-state index contributed by atoms with van der Waals surface area (Å²) in [6.45, 7) is 4.80. The quantitative estimate of drug-likeness (QED) is 0.614. The largest absolute Gasteiger partial charge is 0.493 e. The number of imidazole rings is 1. The van der Waals surface area contributed by atoms with Crippen molar-refractivity contribution in [2.75, 3.05) is 13.2 Å². The van der Waals surface area contributed by atoms with E-state index in [2.05, 4.69) is 46.1 Å². The second kappa shape index (κ2) is 8.96. The van der Waals surface area contributed by atoms with Gasteiger partial charge in [-0.15, -0.1) is 0 Å². The van der Waals surface area contributed by atoms with Crippen molar-refractivity contribution in [3.8, 4) is 5.75 Å². The number of rotatable bonds is 6. The number of aryl methyl sites for hydroxylation is 1. The van der Waals surface area contributed by atoms with Gasteiger partial charge in [-0.25, -0.2) is 4.98 Å². The Morgan fingerprint density at radius 1 is 1.19 bits per heavy atom. The van der Waals surface area contributed by atoms with Crippen LogP contribution in [0.4, 0.5) is 0 Å². The molecule has 2 unspecified atom stereocenters. The third-order valence-electron chi connectivity index (χ3n) is 6.40. The number of fused-ring (bicyclic) bond motifs is 1. The predicted molar refractivity (Wildman–Crippen MR) is 124 cm³/mol. The van der Waals surface area contributed by atoms with E-state index in [9.17, 15) is 4.79 Å². The third kappa shape index (κ3) is 4.25. The minimum absolute atomic E-state index is 0.0174. The molecule has 1 aromatic heterocycles. The average molecular weight is 451 g/mol. The summed E-state index contributed by atoms with van der Waals surface area (Å²) in [4.78, 5) is 19.5. The number of benzene rings is 2. The van der Waals surface area contributed by atoms with Gasteiger partial charge in [0.1, 0.15) is 5.75 Å². The predicted octanol–water partition coefficient (Wildman–Crippen LogP) is 4.11. The standard InChI is InChI=1S/C25H27ClN4O2/c1-17-2-4-18(5-3-17)15-29-16-27-13-20(29)14-28-22-8-10-30(25(22)31)23-9-11-32-24-7-6-19(26)12-21(23)24/h2-7,12-13,16,22-23,28H,8-11,14-15H2,1H3. The first kappa shape index (κ1) is 21.0. The van der Waals surface area contributed by atoms with Gasteiger partial charge in [0.05, 0.1) is 30.7 Å². The number of nitrogens with zero attached hydrogens (tertiary/aromatic N) is 3. The normalized spacial score (nSPS) is 20.3. The fraction of sp³-hybridized carbons (Fsp3) is 0.360. The summed E-state index contributed by atoms with van der Waals surface area (Å²) in [5.41, 5.74) is 4.56. The Morgan fingerprint density at radius 3 is 2.88 bits per heavy atom. The summed E-state index contributed by atoms with van der Waals surface area (Å²) >= 11 is 6.22. The molecule has 7 heteroatoms. The van der Waals surface area contributed by atoms with Gasteiger partial charge < -0.3 is 19.5 Å². The monoisotopic (exact) mass is 450 g/mol. The number of hydrogen-bond acceptors (Lipinski definition) is 4. The fourth-order valence-corrected chi connectivity index (χ4v) is 4.81. The molecule has 1 fully saturated rings. The molecular weight excluding hydrogens is 424 g/mol. The van der Waals surface area contributed by atoms with Gasteiger partial charge in [-0.3, -0.25) is 4.79 Å². The van der Waals surface area contributed by atoms with Crippen LogP contribution in [0.15, 0.2) is 55.0 Å². The van der Waals surface area contributed by atoms with E-state index in [-0.39, 0.29) is 18.0 Å². The van der Waals surface area contributed by atoms with E-state index in [0.717, 1.165) is 42.9 Å². The smallest absolute Gasteiger partial charge is 0.240 e. The number of carbonyl (C=O) groups is 1. The highest BCUT2D eigenvalue weighted by molar-refractivity contribution is 6.30. The zero-order valence-corrected chi connectivity index (χ0v) is 18.9. The number of hydrogen-bond donors (Lipinski definition) is 1. The summed E-state index contributed by atoms with van der Waals surface area (Å²) in [6, 6.07) is 14.0. The first-order valence-corrected chi connectivity index (χ1v) is 11.5. The van der Waals surface area contributed by atoms with Crippen LogP contribution in [0.5, 0.6) is 5.75 Å². The van der Waals surface area contributed by atoms with Crippen LogP contribution in [0.2, 0.25) is 5.02 Å². The van der Waals surface area contributed by atoms with Gasteiger partial charge in [0, 0.05) is 42.8 Å². The lowest BCUT2D eigenvalue weighted by Crippen LogP contribution is -2.40. The minimum atomic E-state index is -0.191. The summed E-state index contributed by atoms with van der Waals surface area (Å²) in [5, 5.41) is 4.13. The molecule has 0 saturated carbocycles. The molecule has 1 amide bonds. The zero-order chi connectivity index (χ0) is 22.1. The molecule has 3 aromatic rings. The van der Waals surface area contributed by atoms with E-state index >= 15 is 0 Å². The number of amides is 1. The van der Waals surface area contributed by atoms with Gasteiger partial charge in [-0.1, -0.05) is 41.4 Å². The van der Waals surface area contributed by atoms with E-state index < -0.39 is 0 Å². The Morgan fingerprint density at radius 2 is 2.03 bits per heavy atom. The SMILES string of the molecule is Cc1ccc(Cn2cncc2CNC2CCN(C3CCOc4ccc(Cl)cc43)C2=O)cc1. The Bertz CT molecular complexity index is 1110. The van der Waals surface area contributed by atoms with Gasteiger partial charge in [0.15, 0.2) is 0 Å². The second-order valence-electron chi connectivity index (χ2n) is 8.59. The van der Waals surface area contributed by atoms with Crippen molar-refractivity contribution in [3.05, 3.63) is 82.4 Å². The highest BCUT2D eigenvalue weighted by atomic mass is 35.5. The molecule has 0 spiro atoms. The molecule has 2 aliphatic heterocycles. The summed E-state index contributed by atoms with van der Waals surface area (Å²) in [6.07, 6.45) is 5.30. The highest BCUT2D eigenvalue weighted by Crippen LogP contribution is 2.39. The number of nitrogens with one attached hydrogen (secondary N) is 1. The van der Waals surface area contributed by atoms with Crippen LogP contribution in [0.25, 0.3) is 0 Å². The second-order valence-corrected chi connectivity index (χ2v) is 9.02. The van der Waals surface area contributed by atoms with Gasteiger partial charge >= 0.3 is 0 Å². The molecule has 3 heterocycles. The summed E-state index contributed by atoms with van der Waals surface area (Å²) in [7, 11) is 0. The van der Waals surface area contributed by atoms with Crippen LogP contribution in [0.3, 0.4) is 0 Å². The topological polar surface area (TPSA) is 59.4 Å². The molecular formula is C25H27ClN4O2. The van der Waals surface area contributed by atoms with Crippen molar-refractivity contribution in [1.29, 1.82) is 0 Å². The lowest BCUT2D eigenvalue weighted by atomic mass is 9.99. The van der Waals surface area contributed by atoms with E-state index in [1.54, 1.807) is 0 Å². The maximum absolute atomic E-state index is 13.2. The molecule has 1 saturated heterocycles. The molecule has 0 radical (unpaired) electrons. The van der Waals surface area contributed by atoms with Crippen molar-refractivity contribution < 1.29 is 9.53 Å². The fourth-order valence-electron chi connectivity index (χ4n) is 4.63. The van der Waals surface area contributed by atoms with Gasteiger partial charge in [-0.2, -0.15) is 0 Å². The summed E-state index contributed by atoms with van der Waals surface area (Å²) < 4.78 is 7.90. The molecule has 0 aliphatic carbocycles. The molecule has 2 aliphatic rings. The molecule has 2 aromatic carbocycles. The molecule has 0 bridgehead atoms. The van der Waals surface area contributed by atoms with Gasteiger partial charge in [-0.05, 0) is 37.1 Å². The number of aromatic nitrogens is 2. The van der Waals surface area contributed by atoms with Crippen molar-refractivity contribution in [2.24, 2.45) is 0 Å². The van der Waals surface area contributed by atoms with E-state index in [1.807, 2.05) is 35.6 Å². The summed E-state index contributed by atoms with van der Waals surface area (Å²) in [5.74, 6) is 0.974. The average Bonchev–Trinajstić information content (AvgIpc) is 3.39. The third-order valence-corrected chi connectivity index (χ3v) is 6.63.